The summed E-state index contributed by atoms with van der Waals surface area (Å²) >= 11 is 0. The van der Waals surface area contributed by atoms with E-state index in [1.165, 1.54) is 6.92 Å². The maximum absolute atomic E-state index is 12.6. The molecule has 7 N–H and O–H groups in total. The first-order valence-electron chi connectivity index (χ1n) is 9.00. The van der Waals surface area contributed by atoms with Crippen molar-refractivity contribution in [3.63, 3.8) is 0 Å². The van der Waals surface area contributed by atoms with E-state index in [9.17, 15) is 14.7 Å². The standard InChI is InChI=1S/C19H28N4O4/c1-11-6-12(7-11)9-27-13-4-5-15(20)14(8-13)16(22-3)17(25)23-19(2,10-24)18(21)26/h4-5,8,11-12,24H,6-7,9-10,20H2,1-3H3,(H2,21,26)(H,23,25)/p+1. The van der Waals surface area contributed by atoms with Gasteiger partial charge in [-0.1, -0.05) is 6.92 Å². The number of primary amides is 1. The van der Waals surface area contributed by atoms with Crippen molar-refractivity contribution in [1.29, 1.82) is 0 Å². The van der Waals surface area contributed by atoms with Gasteiger partial charge in [0.1, 0.15) is 18.3 Å². The molecule has 0 aromatic heterocycles. The third-order valence-corrected chi connectivity index (χ3v) is 4.98. The molecule has 0 heterocycles. The first-order chi connectivity index (χ1) is 12.7. The Bertz CT molecular complexity index is 743. The number of ether oxygens (including phenoxy) is 1. The van der Waals surface area contributed by atoms with Crippen LogP contribution in [-0.4, -0.2) is 48.4 Å². The fraction of sp³-hybridized carbons (Fsp3) is 0.526. The molecule has 0 radical (unpaired) electrons. The highest BCUT2D eigenvalue weighted by Crippen LogP contribution is 2.33. The summed E-state index contributed by atoms with van der Waals surface area (Å²) in [5, 5.41) is 11.9. The van der Waals surface area contributed by atoms with Crippen LogP contribution in [-0.2, 0) is 9.59 Å². The van der Waals surface area contributed by atoms with Crippen LogP contribution in [0.2, 0.25) is 0 Å². The first-order valence-corrected chi connectivity index (χ1v) is 9.00. The van der Waals surface area contributed by atoms with Crippen LogP contribution in [0, 0.1) is 11.8 Å². The van der Waals surface area contributed by atoms with Crippen molar-refractivity contribution >= 4 is 23.2 Å². The third-order valence-electron chi connectivity index (χ3n) is 4.98. The minimum absolute atomic E-state index is 0.149. The highest BCUT2D eigenvalue weighted by atomic mass is 16.5. The van der Waals surface area contributed by atoms with Crippen LogP contribution in [0.1, 0.15) is 32.3 Å². The zero-order chi connectivity index (χ0) is 20.2. The van der Waals surface area contributed by atoms with Crippen molar-refractivity contribution in [1.82, 2.24) is 5.32 Å². The van der Waals surface area contributed by atoms with Crippen molar-refractivity contribution in [2.24, 2.45) is 17.6 Å². The number of nitrogens with two attached hydrogens (primary N) is 2. The summed E-state index contributed by atoms with van der Waals surface area (Å²) in [6, 6.07) is 5.11. The van der Waals surface area contributed by atoms with Gasteiger partial charge in [-0.15, -0.1) is 0 Å². The molecular formula is C19H29N4O4+. The molecule has 27 heavy (non-hydrogen) atoms. The summed E-state index contributed by atoms with van der Waals surface area (Å²) in [6.45, 7) is 3.57. The third kappa shape index (κ3) is 4.77. The first kappa shape index (κ1) is 20.7. The fourth-order valence-electron chi connectivity index (χ4n) is 3.12. The molecule has 148 valence electrons. The number of aliphatic hydroxyl groups is 1. The molecule has 8 heteroatoms. The molecule has 1 aromatic rings. The molecule has 0 saturated heterocycles. The molecule has 2 rings (SSSR count). The normalized spacial score (nSPS) is 21.7. The van der Waals surface area contributed by atoms with Crippen LogP contribution in [0.15, 0.2) is 18.2 Å². The van der Waals surface area contributed by atoms with Crippen molar-refractivity contribution < 1.29 is 24.4 Å². The lowest BCUT2D eigenvalue weighted by Gasteiger charge is -2.32. The minimum atomic E-state index is -1.58. The Kier molecular flexibility index (Phi) is 6.43. The Balaban J connectivity index is 2.16. The van der Waals surface area contributed by atoms with E-state index in [4.69, 9.17) is 16.2 Å². The van der Waals surface area contributed by atoms with Crippen LogP contribution >= 0.6 is 0 Å². The maximum atomic E-state index is 12.6. The maximum Gasteiger partial charge on any atom is 0.317 e. The monoisotopic (exact) mass is 377 g/mol. The van der Waals surface area contributed by atoms with Gasteiger partial charge in [-0.25, -0.2) is 4.99 Å². The molecule has 1 unspecified atom stereocenters. The number of carbonyl (C=O) groups excluding carboxylic acids is 2. The van der Waals surface area contributed by atoms with Gasteiger partial charge in [0, 0.05) is 5.69 Å². The van der Waals surface area contributed by atoms with Crippen LogP contribution in [0.4, 0.5) is 5.69 Å². The van der Waals surface area contributed by atoms with E-state index in [-0.39, 0.29) is 5.71 Å². The predicted octanol–water partition coefficient (Wildman–Crippen LogP) is -1.45. The largest absolute Gasteiger partial charge is 0.493 e. The summed E-state index contributed by atoms with van der Waals surface area (Å²) in [7, 11) is 1.57. The molecule has 1 aromatic carbocycles. The summed E-state index contributed by atoms with van der Waals surface area (Å²) in [5.41, 5.74) is 10.7. The van der Waals surface area contributed by atoms with E-state index in [2.05, 4.69) is 17.2 Å². The quantitative estimate of drug-likeness (QED) is 0.278. The zero-order valence-corrected chi connectivity index (χ0v) is 16.0. The molecule has 1 aliphatic rings. The molecule has 0 bridgehead atoms. The van der Waals surface area contributed by atoms with Crippen LogP contribution < -0.4 is 26.5 Å². The topological polar surface area (TPSA) is 142 Å². The number of nitrogens with one attached hydrogen (secondary N) is 2. The van der Waals surface area contributed by atoms with Crippen LogP contribution in [0.5, 0.6) is 5.75 Å². The average molecular weight is 377 g/mol. The zero-order valence-electron chi connectivity index (χ0n) is 16.0. The fourth-order valence-corrected chi connectivity index (χ4v) is 3.12. The van der Waals surface area contributed by atoms with E-state index < -0.39 is 24.0 Å². The van der Waals surface area contributed by atoms with Crippen LogP contribution in [0.3, 0.4) is 0 Å². The second-order valence-electron chi connectivity index (χ2n) is 7.44. The van der Waals surface area contributed by atoms with E-state index >= 15 is 0 Å². The number of benzene rings is 1. The number of hydrogen-bond acceptors (Lipinski definition) is 5. The van der Waals surface area contributed by atoms with E-state index in [0.717, 1.165) is 18.8 Å². The molecule has 1 fully saturated rings. The smallest absolute Gasteiger partial charge is 0.317 e. The Hall–Kier alpha value is -2.61. The highest BCUT2D eigenvalue weighted by Gasteiger charge is 2.36. The van der Waals surface area contributed by atoms with Gasteiger partial charge >= 0.3 is 5.91 Å². The van der Waals surface area contributed by atoms with Gasteiger partial charge in [0.25, 0.3) is 5.71 Å². The molecule has 0 aliphatic heterocycles. The molecule has 1 atom stereocenters. The Morgan fingerprint density at radius 1 is 1.41 bits per heavy atom. The van der Waals surface area contributed by atoms with Gasteiger partial charge in [0.2, 0.25) is 5.91 Å². The molecule has 1 saturated carbocycles. The van der Waals surface area contributed by atoms with E-state index in [0.29, 0.717) is 29.5 Å². The van der Waals surface area contributed by atoms with Crippen molar-refractivity contribution in [3.8, 4) is 5.75 Å². The summed E-state index contributed by atoms with van der Waals surface area (Å²) in [4.78, 5) is 27.0. The number of hydrogen-bond donors (Lipinski definition) is 5. The summed E-state index contributed by atoms with van der Waals surface area (Å²) < 4.78 is 5.85. The second kappa shape index (κ2) is 8.39. The highest BCUT2D eigenvalue weighted by molar-refractivity contribution is 6.44. The van der Waals surface area contributed by atoms with E-state index in [1.54, 1.807) is 25.2 Å². The molecule has 8 nitrogen and oxygen atoms in total. The molecular weight excluding hydrogens is 348 g/mol. The molecule has 1 aliphatic carbocycles. The number of amides is 2. The van der Waals surface area contributed by atoms with Crippen molar-refractivity contribution in [2.75, 3.05) is 26.0 Å². The van der Waals surface area contributed by atoms with Gasteiger partial charge in [0.05, 0.1) is 18.8 Å². The SMILES string of the molecule is C[NH+]=C(C(=O)NC(C)(CO)C(N)=O)c1cc(OCC2CC(C)C2)ccc1N. The number of rotatable bonds is 8. The predicted molar refractivity (Wildman–Crippen MR) is 102 cm³/mol. The average Bonchev–Trinajstić information content (AvgIpc) is 2.60. The number of nitrogen functional groups attached to an aromatic ring is 1. The van der Waals surface area contributed by atoms with Gasteiger partial charge < -0.3 is 26.6 Å². The minimum Gasteiger partial charge on any atom is -0.493 e. The molecule has 2 amide bonds. The van der Waals surface area contributed by atoms with Gasteiger partial charge in [0.15, 0.2) is 0 Å². The van der Waals surface area contributed by atoms with Crippen LogP contribution in [0.25, 0.3) is 0 Å². The lowest BCUT2D eigenvalue weighted by Crippen LogP contribution is -2.73. The number of carbonyl (C=O) groups is 2. The lowest BCUT2D eigenvalue weighted by molar-refractivity contribution is -0.418. The second-order valence-corrected chi connectivity index (χ2v) is 7.44. The van der Waals surface area contributed by atoms with E-state index in [1.807, 2.05) is 0 Å². The Morgan fingerprint density at radius 2 is 2.07 bits per heavy atom. The summed E-state index contributed by atoms with van der Waals surface area (Å²) in [5.74, 6) is 0.467. The number of anilines is 1. The Labute approximate surface area is 159 Å². The van der Waals surface area contributed by atoms with Gasteiger partial charge in [-0.05, 0) is 49.8 Å². The molecule has 0 spiro atoms. The summed E-state index contributed by atoms with van der Waals surface area (Å²) in [6.07, 6.45) is 2.32. The van der Waals surface area contributed by atoms with Gasteiger partial charge in [-0.3, -0.25) is 9.59 Å². The lowest BCUT2D eigenvalue weighted by atomic mass is 9.77. The van der Waals surface area contributed by atoms with Gasteiger partial charge in [-0.2, -0.15) is 0 Å². The van der Waals surface area contributed by atoms with Crippen molar-refractivity contribution in [3.05, 3.63) is 23.8 Å². The Morgan fingerprint density at radius 3 is 2.59 bits per heavy atom. The number of aliphatic hydroxyl groups excluding tert-OH is 1. The van der Waals surface area contributed by atoms with Crippen molar-refractivity contribution in [2.45, 2.75) is 32.2 Å².